The van der Waals surface area contributed by atoms with Gasteiger partial charge in [-0.2, -0.15) is 0 Å². The Morgan fingerprint density at radius 2 is 1.69 bits per heavy atom. The molecule has 2 bridgehead atoms. The molecule has 174 valence electrons. The first-order valence-corrected chi connectivity index (χ1v) is 11.5. The highest BCUT2D eigenvalue weighted by Crippen LogP contribution is 2.52. The van der Waals surface area contributed by atoms with Gasteiger partial charge >= 0.3 is 0 Å². The zero-order chi connectivity index (χ0) is 22.0. The van der Waals surface area contributed by atoms with Gasteiger partial charge < -0.3 is 10.6 Å². The van der Waals surface area contributed by atoms with Crippen molar-refractivity contribution >= 4 is 41.8 Å². The number of fused-ring (bicyclic) bond motifs is 5. The number of amides is 2. The van der Waals surface area contributed by atoms with Crippen molar-refractivity contribution in [3.63, 3.8) is 0 Å². The smallest absolute Gasteiger partial charge is 0.233 e. The van der Waals surface area contributed by atoms with E-state index < -0.39 is 0 Å². The summed E-state index contributed by atoms with van der Waals surface area (Å²) in [6.07, 6.45) is 5.96. The van der Waals surface area contributed by atoms with Gasteiger partial charge in [-0.1, -0.05) is 56.3 Å². The molecule has 1 aliphatic heterocycles. The van der Waals surface area contributed by atoms with E-state index in [1.165, 1.54) is 10.5 Å². The van der Waals surface area contributed by atoms with E-state index in [9.17, 15) is 9.59 Å². The quantitative estimate of drug-likeness (QED) is 0.130. The minimum absolute atomic E-state index is 0. The van der Waals surface area contributed by atoms with E-state index in [-0.39, 0.29) is 64.9 Å². The molecule has 4 atom stereocenters. The average Bonchev–Trinajstić information content (AvgIpc) is 3.45. The molecule has 1 aromatic rings. The number of nitrogens with one attached hydrogen (secondary N) is 2. The van der Waals surface area contributed by atoms with Crippen LogP contribution in [0.3, 0.4) is 0 Å². The first kappa shape index (κ1) is 24.7. The standard InChI is InChI=1S/C25H34N4O2.HI/c1-4-26-24(28-16-25(2,3)19-9-6-5-7-10-19)27-13-8-14-29-22(30)20-17-11-12-18(15-17)21(20)23(29)31;/h5-7,9-12,17-18,20-21H,4,8,13-16H2,1-3H3,(H2,26,27,28);1H. The van der Waals surface area contributed by atoms with Crippen molar-refractivity contribution in [1.82, 2.24) is 15.5 Å². The second-order valence-electron chi connectivity index (χ2n) is 9.55. The van der Waals surface area contributed by atoms with Gasteiger partial charge in [0, 0.05) is 25.0 Å². The third-order valence-electron chi connectivity index (χ3n) is 6.94. The fourth-order valence-electron chi connectivity index (χ4n) is 5.23. The fourth-order valence-corrected chi connectivity index (χ4v) is 5.23. The van der Waals surface area contributed by atoms with Crippen LogP contribution in [0.15, 0.2) is 47.5 Å². The molecule has 2 aliphatic carbocycles. The molecule has 2 fully saturated rings. The molecule has 3 aliphatic rings. The highest BCUT2D eigenvalue weighted by molar-refractivity contribution is 14.0. The Balaban J connectivity index is 0.00000289. The molecule has 0 aromatic heterocycles. The topological polar surface area (TPSA) is 73.8 Å². The number of benzene rings is 1. The SMILES string of the molecule is CCNC(=NCC(C)(C)c1ccccc1)NCCCN1C(=O)C2C3C=CC(C3)C2C1=O.I. The van der Waals surface area contributed by atoms with Gasteiger partial charge in [0.2, 0.25) is 11.8 Å². The maximum absolute atomic E-state index is 12.8. The van der Waals surface area contributed by atoms with Crippen LogP contribution in [0.4, 0.5) is 0 Å². The van der Waals surface area contributed by atoms with Crippen LogP contribution in [-0.2, 0) is 15.0 Å². The summed E-state index contributed by atoms with van der Waals surface area (Å²) in [4.78, 5) is 31.8. The first-order chi connectivity index (χ1) is 14.9. The summed E-state index contributed by atoms with van der Waals surface area (Å²) in [5.74, 6) is 1.19. The molecule has 7 heteroatoms. The molecule has 32 heavy (non-hydrogen) atoms. The van der Waals surface area contributed by atoms with Gasteiger partial charge in [0.15, 0.2) is 5.96 Å². The lowest BCUT2D eigenvalue weighted by atomic mass is 9.85. The zero-order valence-corrected chi connectivity index (χ0v) is 21.5. The normalized spacial score (nSPS) is 26.3. The Kier molecular flexibility index (Phi) is 8.01. The van der Waals surface area contributed by atoms with Crippen molar-refractivity contribution in [2.45, 2.75) is 39.0 Å². The number of aliphatic imine (C=N–C) groups is 1. The second-order valence-corrected chi connectivity index (χ2v) is 9.55. The number of hydrogen-bond acceptors (Lipinski definition) is 3. The number of likely N-dealkylation sites (tertiary alicyclic amines) is 1. The van der Waals surface area contributed by atoms with Crippen LogP contribution < -0.4 is 10.6 Å². The Labute approximate surface area is 208 Å². The van der Waals surface area contributed by atoms with E-state index >= 15 is 0 Å². The number of hydrogen-bond donors (Lipinski definition) is 2. The zero-order valence-electron chi connectivity index (χ0n) is 19.2. The van der Waals surface area contributed by atoms with Crippen LogP contribution in [0, 0.1) is 23.7 Å². The van der Waals surface area contributed by atoms with E-state index in [0.29, 0.717) is 26.1 Å². The van der Waals surface area contributed by atoms with Gasteiger partial charge in [-0.05, 0) is 37.2 Å². The van der Waals surface area contributed by atoms with E-state index in [4.69, 9.17) is 4.99 Å². The van der Waals surface area contributed by atoms with Gasteiger partial charge in [0.05, 0.1) is 18.4 Å². The van der Waals surface area contributed by atoms with Crippen LogP contribution in [0.25, 0.3) is 0 Å². The number of imide groups is 1. The first-order valence-electron chi connectivity index (χ1n) is 11.5. The number of carbonyl (C=O) groups is 2. The summed E-state index contributed by atoms with van der Waals surface area (Å²) >= 11 is 0. The van der Waals surface area contributed by atoms with E-state index in [1.807, 2.05) is 13.0 Å². The summed E-state index contributed by atoms with van der Waals surface area (Å²) in [7, 11) is 0. The van der Waals surface area contributed by atoms with Gasteiger partial charge in [-0.3, -0.25) is 19.5 Å². The highest BCUT2D eigenvalue weighted by Gasteiger charge is 2.58. The summed E-state index contributed by atoms with van der Waals surface area (Å²) in [6, 6.07) is 10.4. The molecule has 1 saturated carbocycles. The second kappa shape index (κ2) is 10.4. The van der Waals surface area contributed by atoms with E-state index in [0.717, 1.165) is 18.9 Å². The maximum atomic E-state index is 12.8. The lowest BCUT2D eigenvalue weighted by Gasteiger charge is -2.24. The third kappa shape index (κ3) is 4.87. The number of rotatable bonds is 8. The number of carbonyl (C=O) groups excluding carboxylic acids is 2. The summed E-state index contributed by atoms with van der Waals surface area (Å²) < 4.78 is 0. The van der Waals surface area contributed by atoms with Crippen LogP contribution in [0.5, 0.6) is 0 Å². The van der Waals surface area contributed by atoms with Crippen LogP contribution >= 0.6 is 24.0 Å². The molecule has 6 nitrogen and oxygen atoms in total. The van der Waals surface area contributed by atoms with Gasteiger partial charge in [-0.15, -0.1) is 24.0 Å². The predicted octanol–water partition coefficient (Wildman–Crippen LogP) is 3.33. The van der Waals surface area contributed by atoms with Crippen molar-refractivity contribution in [2.75, 3.05) is 26.2 Å². The fraction of sp³-hybridized carbons (Fsp3) is 0.560. The maximum Gasteiger partial charge on any atom is 0.233 e. The monoisotopic (exact) mass is 550 g/mol. The lowest BCUT2D eigenvalue weighted by Crippen LogP contribution is -2.40. The number of halogens is 1. The number of nitrogens with zero attached hydrogens (tertiary/aromatic N) is 2. The van der Waals surface area contributed by atoms with E-state index in [2.05, 4.69) is 60.9 Å². The Hall–Kier alpha value is -1.90. The lowest BCUT2D eigenvalue weighted by molar-refractivity contribution is -0.140. The van der Waals surface area contributed by atoms with Crippen LogP contribution in [0.1, 0.15) is 39.2 Å². The molecular weight excluding hydrogens is 515 g/mol. The van der Waals surface area contributed by atoms with Crippen molar-refractivity contribution in [3.05, 3.63) is 48.0 Å². The van der Waals surface area contributed by atoms with Crippen molar-refractivity contribution in [2.24, 2.45) is 28.7 Å². The summed E-state index contributed by atoms with van der Waals surface area (Å²) in [6.45, 7) is 9.01. The van der Waals surface area contributed by atoms with Crippen molar-refractivity contribution < 1.29 is 9.59 Å². The molecular formula is C25H35IN4O2. The van der Waals surface area contributed by atoms with Gasteiger partial charge in [0.25, 0.3) is 0 Å². The largest absolute Gasteiger partial charge is 0.357 e. The van der Waals surface area contributed by atoms with Crippen LogP contribution in [-0.4, -0.2) is 48.9 Å². The number of allylic oxidation sites excluding steroid dienone is 2. The van der Waals surface area contributed by atoms with Crippen molar-refractivity contribution in [1.29, 1.82) is 0 Å². The average molecular weight is 550 g/mol. The summed E-state index contributed by atoms with van der Waals surface area (Å²) in [5.41, 5.74) is 1.19. The molecule has 2 amide bonds. The highest BCUT2D eigenvalue weighted by atomic mass is 127. The molecule has 0 spiro atoms. The van der Waals surface area contributed by atoms with Gasteiger partial charge in [0.1, 0.15) is 0 Å². The van der Waals surface area contributed by atoms with Crippen LogP contribution in [0.2, 0.25) is 0 Å². The summed E-state index contributed by atoms with van der Waals surface area (Å²) in [5, 5.41) is 6.64. The molecule has 4 unspecified atom stereocenters. The molecule has 4 rings (SSSR count). The molecule has 1 saturated heterocycles. The van der Waals surface area contributed by atoms with E-state index in [1.54, 1.807) is 0 Å². The Morgan fingerprint density at radius 3 is 2.28 bits per heavy atom. The Morgan fingerprint density at radius 1 is 1.06 bits per heavy atom. The molecule has 2 N–H and O–H groups in total. The molecule has 1 aromatic carbocycles. The Bertz CT molecular complexity index is 853. The predicted molar refractivity (Wildman–Crippen MR) is 138 cm³/mol. The minimum Gasteiger partial charge on any atom is -0.357 e. The molecule has 0 radical (unpaired) electrons. The van der Waals surface area contributed by atoms with Crippen molar-refractivity contribution in [3.8, 4) is 0 Å². The molecule has 1 heterocycles. The third-order valence-corrected chi connectivity index (χ3v) is 6.94. The minimum atomic E-state index is -0.102. The van der Waals surface area contributed by atoms with Gasteiger partial charge in [-0.25, -0.2) is 0 Å². The number of guanidine groups is 1.